The molecule has 2 heterocycles. The number of fused-ring (bicyclic) bond motifs is 3. The summed E-state index contributed by atoms with van der Waals surface area (Å²) < 4.78 is 53.8. The number of methoxy groups -OCH3 is 1. The highest BCUT2D eigenvalue weighted by molar-refractivity contribution is 7.90. The summed E-state index contributed by atoms with van der Waals surface area (Å²) in [7, 11) is -6.46. The van der Waals surface area contributed by atoms with E-state index < -0.39 is 35.1 Å². The van der Waals surface area contributed by atoms with Gasteiger partial charge in [0, 0.05) is 18.6 Å². The Bertz CT molecular complexity index is 1240. The normalized spacial score (nSPS) is 21.5. The van der Waals surface area contributed by atoms with Gasteiger partial charge in [-0.05, 0) is 37.3 Å². The molecular formula is C19H19N3O4S. The Labute approximate surface area is 161 Å². The number of hydrogen-bond donors (Lipinski definition) is 2. The average molecular weight is 388 g/mol. The van der Waals surface area contributed by atoms with Crippen molar-refractivity contribution in [2.45, 2.75) is 17.4 Å². The van der Waals surface area contributed by atoms with Crippen molar-refractivity contribution < 1.29 is 22.1 Å². The van der Waals surface area contributed by atoms with Gasteiger partial charge in [0.25, 0.3) is 15.9 Å². The molecule has 0 radical (unpaired) electrons. The monoisotopic (exact) mass is 388 g/mol. The van der Waals surface area contributed by atoms with Gasteiger partial charge in [0.1, 0.15) is 5.54 Å². The van der Waals surface area contributed by atoms with Gasteiger partial charge in [-0.25, -0.2) is 12.4 Å². The molecule has 0 aliphatic carbocycles. The van der Waals surface area contributed by atoms with Gasteiger partial charge in [0.2, 0.25) is 0 Å². The molecule has 1 atom stereocenters. The molecule has 0 bridgehead atoms. The second-order valence-corrected chi connectivity index (χ2v) is 8.37. The first-order valence-electron chi connectivity index (χ1n) is 9.70. The zero-order chi connectivity index (χ0) is 21.7. The van der Waals surface area contributed by atoms with E-state index in [1.807, 2.05) is 0 Å². The van der Waals surface area contributed by atoms with Gasteiger partial charge in [0.15, 0.2) is 0 Å². The molecule has 1 aliphatic rings. The van der Waals surface area contributed by atoms with Crippen molar-refractivity contribution in [1.29, 1.82) is 0 Å². The summed E-state index contributed by atoms with van der Waals surface area (Å²) in [6.07, 6.45) is 1.45. The van der Waals surface area contributed by atoms with Gasteiger partial charge < -0.3 is 15.4 Å². The third-order valence-electron chi connectivity index (χ3n) is 4.65. The largest absolute Gasteiger partial charge is 0.382 e. The smallest absolute Gasteiger partial charge is 0.268 e. The van der Waals surface area contributed by atoms with Gasteiger partial charge in [-0.1, -0.05) is 18.2 Å². The molecule has 1 aliphatic heterocycles. The van der Waals surface area contributed by atoms with Crippen molar-refractivity contribution in [2.24, 2.45) is 0 Å². The summed E-state index contributed by atoms with van der Waals surface area (Å²) >= 11 is 0. The van der Waals surface area contributed by atoms with Gasteiger partial charge in [-0.3, -0.25) is 4.79 Å². The fourth-order valence-electron chi connectivity index (χ4n) is 3.19. The predicted octanol–water partition coefficient (Wildman–Crippen LogP) is 2.65. The molecule has 7 nitrogen and oxygen atoms in total. The van der Waals surface area contributed by atoms with Gasteiger partial charge in [-0.15, -0.1) is 0 Å². The Kier molecular flexibility index (Phi) is 3.22. The number of benzene rings is 2. The highest BCUT2D eigenvalue weighted by Crippen LogP contribution is 2.38. The molecule has 0 saturated heterocycles. The van der Waals surface area contributed by atoms with Gasteiger partial charge in [-0.2, -0.15) is 0 Å². The minimum Gasteiger partial charge on any atom is -0.382 e. The molecule has 0 spiro atoms. The van der Waals surface area contributed by atoms with Crippen LogP contribution in [0.1, 0.15) is 11.0 Å². The lowest BCUT2D eigenvalue weighted by Crippen LogP contribution is -2.53. The minimum atomic E-state index is -3.82. The standard InChI is InChI=1S/C19H19N3O4S/c1-19(12-26-2)18(23)20-15-8-9-16-14(17(15)21-19)10-11-22(16)27(24,25)13-6-4-3-5-7-13/h3-11,21H,12H2,1-2H3,(H,20,23)/t19-/m0/s1/i2D3. The SMILES string of the molecule is [2H]C([2H])([2H])OC[C@]1(C)Nc2c(ccc3c2ccn3S(=O)(=O)c2ccccc2)NC1=O. The fourth-order valence-corrected chi connectivity index (χ4v) is 4.55. The van der Waals surface area contributed by atoms with E-state index in [1.165, 1.54) is 29.2 Å². The predicted molar refractivity (Wildman–Crippen MR) is 103 cm³/mol. The van der Waals surface area contributed by atoms with Crippen LogP contribution in [0.3, 0.4) is 0 Å². The third kappa shape index (κ3) is 2.68. The number of hydrogen-bond acceptors (Lipinski definition) is 5. The van der Waals surface area contributed by atoms with Gasteiger partial charge >= 0.3 is 0 Å². The van der Waals surface area contributed by atoms with E-state index in [-0.39, 0.29) is 4.90 Å². The molecular weight excluding hydrogens is 366 g/mol. The minimum absolute atomic E-state index is 0.150. The van der Waals surface area contributed by atoms with Crippen LogP contribution in [-0.4, -0.2) is 37.5 Å². The highest BCUT2D eigenvalue weighted by Gasteiger charge is 2.38. The fraction of sp³-hybridized carbons (Fsp3) is 0.211. The van der Waals surface area contributed by atoms with Crippen molar-refractivity contribution >= 4 is 38.2 Å². The molecule has 4 rings (SSSR count). The Morgan fingerprint density at radius 3 is 2.70 bits per heavy atom. The molecule has 2 aromatic carbocycles. The topological polar surface area (TPSA) is 89.4 Å². The number of carbonyl (C=O) groups excluding carboxylic acids is 1. The Morgan fingerprint density at radius 1 is 1.19 bits per heavy atom. The van der Waals surface area contributed by atoms with E-state index >= 15 is 0 Å². The number of nitrogens with zero attached hydrogens (tertiary/aromatic N) is 1. The maximum absolute atomic E-state index is 13.1. The van der Waals surface area contributed by atoms with Gasteiger partial charge in [0.05, 0.1) is 32.5 Å². The van der Waals surface area contributed by atoms with Crippen LogP contribution >= 0.6 is 0 Å². The first-order chi connectivity index (χ1) is 14.0. The van der Waals surface area contributed by atoms with E-state index in [1.54, 1.807) is 36.4 Å². The maximum Gasteiger partial charge on any atom is 0.268 e. The van der Waals surface area contributed by atoms with Crippen LogP contribution in [0.25, 0.3) is 10.9 Å². The lowest BCUT2D eigenvalue weighted by atomic mass is 9.97. The molecule has 8 heteroatoms. The number of rotatable bonds is 4. The molecule has 1 aromatic heterocycles. The van der Waals surface area contributed by atoms with E-state index in [0.29, 0.717) is 22.3 Å². The second-order valence-electron chi connectivity index (χ2n) is 6.55. The summed E-state index contributed by atoms with van der Waals surface area (Å²) in [4.78, 5) is 12.7. The molecule has 0 unspecified atom stereocenters. The lowest BCUT2D eigenvalue weighted by molar-refractivity contribution is -0.121. The third-order valence-corrected chi connectivity index (χ3v) is 6.35. The summed E-state index contributed by atoms with van der Waals surface area (Å²) in [5.74, 6) is -0.449. The number of anilines is 2. The number of carbonyl (C=O) groups is 1. The molecule has 0 saturated carbocycles. The summed E-state index contributed by atoms with van der Waals surface area (Å²) in [5, 5.41) is 6.34. The van der Waals surface area contributed by atoms with E-state index in [2.05, 4.69) is 10.6 Å². The Morgan fingerprint density at radius 2 is 1.96 bits per heavy atom. The van der Waals surface area contributed by atoms with Crippen LogP contribution in [0.5, 0.6) is 0 Å². The molecule has 0 fully saturated rings. The summed E-state index contributed by atoms with van der Waals surface area (Å²) in [6, 6.07) is 12.9. The van der Waals surface area contributed by atoms with Crippen molar-refractivity contribution in [3.63, 3.8) is 0 Å². The van der Waals surface area contributed by atoms with E-state index in [0.717, 1.165) is 0 Å². The maximum atomic E-state index is 13.1. The first kappa shape index (κ1) is 14.2. The average Bonchev–Trinajstić information content (AvgIpc) is 3.13. The molecule has 140 valence electrons. The summed E-state index contributed by atoms with van der Waals surface area (Å²) in [5.41, 5.74) is 0.0237. The van der Waals surface area contributed by atoms with Crippen molar-refractivity contribution in [1.82, 2.24) is 3.97 Å². The number of amides is 1. The first-order valence-corrected chi connectivity index (χ1v) is 9.64. The van der Waals surface area contributed by atoms with Crippen LogP contribution in [0.2, 0.25) is 0 Å². The quantitative estimate of drug-likeness (QED) is 0.717. The van der Waals surface area contributed by atoms with E-state index in [4.69, 9.17) is 8.85 Å². The molecule has 27 heavy (non-hydrogen) atoms. The van der Waals surface area contributed by atoms with Crippen LogP contribution in [0, 0.1) is 0 Å². The van der Waals surface area contributed by atoms with E-state index in [9.17, 15) is 13.2 Å². The Balaban J connectivity index is 1.78. The second kappa shape index (κ2) is 6.11. The van der Waals surface area contributed by atoms with Crippen LogP contribution in [0.15, 0.2) is 59.6 Å². The molecule has 2 N–H and O–H groups in total. The Hall–Kier alpha value is -2.84. The summed E-state index contributed by atoms with van der Waals surface area (Å²) in [6.45, 7) is 1.13. The zero-order valence-electron chi connectivity index (χ0n) is 17.4. The number of aromatic nitrogens is 1. The van der Waals surface area contributed by atoms with Crippen molar-refractivity contribution in [2.75, 3.05) is 24.3 Å². The van der Waals surface area contributed by atoms with Crippen molar-refractivity contribution in [3.8, 4) is 0 Å². The molecule has 3 aromatic rings. The number of ether oxygens (including phenoxy) is 1. The number of nitrogens with one attached hydrogen (secondary N) is 2. The van der Waals surface area contributed by atoms with Crippen LogP contribution < -0.4 is 10.6 Å². The lowest BCUT2D eigenvalue weighted by Gasteiger charge is -2.35. The highest BCUT2D eigenvalue weighted by atomic mass is 32.2. The van der Waals surface area contributed by atoms with Crippen LogP contribution in [0.4, 0.5) is 11.4 Å². The zero-order valence-corrected chi connectivity index (χ0v) is 15.2. The molecule has 1 amide bonds. The van der Waals surface area contributed by atoms with Crippen molar-refractivity contribution in [3.05, 3.63) is 54.7 Å². The van der Waals surface area contributed by atoms with Crippen LogP contribution in [-0.2, 0) is 19.6 Å².